The molecule has 0 aromatic carbocycles. The molecule has 2 N–H and O–H groups in total. The summed E-state index contributed by atoms with van der Waals surface area (Å²) in [5, 5.41) is 3.98. The Labute approximate surface area is 113 Å². The molecule has 0 bridgehead atoms. The molecule has 2 unspecified atom stereocenters. The van der Waals surface area contributed by atoms with E-state index in [0.29, 0.717) is 24.7 Å². The predicted octanol–water partition coefficient (Wildman–Crippen LogP) is 1.61. The van der Waals surface area contributed by atoms with Gasteiger partial charge in [0.1, 0.15) is 0 Å². The van der Waals surface area contributed by atoms with E-state index in [1.807, 2.05) is 0 Å². The van der Waals surface area contributed by atoms with Gasteiger partial charge in [-0.1, -0.05) is 5.16 Å². The van der Waals surface area contributed by atoms with Crippen molar-refractivity contribution < 1.29 is 14.0 Å². The number of hydrogen-bond donors (Lipinski definition) is 1. The van der Waals surface area contributed by atoms with E-state index >= 15 is 0 Å². The number of ether oxygens (including phenoxy) is 2. The summed E-state index contributed by atoms with van der Waals surface area (Å²) in [6, 6.07) is -0.205. The Morgan fingerprint density at radius 2 is 2.37 bits per heavy atom. The molecule has 2 atom stereocenters. The topological polar surface area (TPSA) is 83.4 Å². The number of aromatic nitrogens is 2. The lowest BCUT2D eigenvalue weighted by Gasteiger charge is -2.20. The molecular formula is C13H23N3O3. The van der Waals surface area contributed by atoms with Gasteiger partial charge in [-0.2, -0.15) is 4.98 Å². The standard InChI is InChI=1S/C13H23N3O3/c1-17-7-4-6-11(14)13-15-12(16-19-13)9-10-5-2-3-8-18-10/h10-11H,2-9,14H2,1H3. The zero-order chi connectivity index (χ0) is 13.5. The van der Waals surface area contributed by atoms with E-state index < -0.39 is 0 Å². The van der Waals surface area contributed by atoms with Crippen LogP contribution in [-0.2, 0) is 15.9 Å². The Hall–Kier alpha value is -0.980. The van der Waals surface area contributed by atoms with Crippen molar-refractivity contribution in [3.05, 3.63) is 11.7 Å². The van der Waals surface area contributed by atoms with Crippen molar-refractivity contribution in [3.8, 4) is 0 Å². The molecule has 0 saturated carbocycles. The molecule has 0 aliphatic carbocycles. The first kappa shape index (κ1) is 14.4. The van der Waals surface area contributed by atoms with Gasteiger partial charge < -0.3 is 19.7 Å². The molecule has 108 valence electrons. The maximum Gasteiger partial charge on any atom is 0.243 e. The summed E-state index contributed by atoms with van der Waals surface area (Å²) in [5.41, 5.74) is 6.00. The molecule has 19 heavy (non-hydrogen) atoms. The van der Waals surface area contributed by atoms with E-state index in [9.17, 15) is 0 Å². The summed E-state index contributed by atoms with van der Waals surface area (Å²) in [6.07, 6.45) is 6.06. The minimum Gasteiger partial charge on any atom is -0.385 e. The Bertz CT molecular complexity index is 364. The largest absolute Gasteiger partial charge is 0.385 e. The van der Waals surface area contributed by atoms with Gasteiger partial charge in [0.2, 0.25) is 5.89 Å². The molecule has 1 aliphatic rings. The van der Waals surface area contributed by atoms with Crippen molar-refractivity contribution in [3.63, 3.8) is 0 Å². The predicted molar refractivity (Wildman–Crippen MR) is 69.6 cm³/mol. The zero-order valence-corrected chi connectivity index (χ0v) is 11.5. The summed E-state index contributed by atoms with van der Waals surface area (Å²) < 4.78 is 15.9. The molecule has 0 amide bonds. The first-order valence-corrected chi connectivity index (χ1v) is 6.98. The second-order valence-electron chi connectivity index (χ2n) is 4.98. The number of rotatable bonds is 7. The average Bonchev–Trinajstić information content (AvgIpc) is 2.89. The molecule has 6 heteroatoms. The van der Waals surface area contributed by atoms with Crippen molar-refractivity contribution in [1.29, 1.82) is 0 Å². The molecule has 1 aromatic heterocycles. The highest BCUT2D eigenvalue weighted by molar-refractivity contribution is 4.93. The summed E-state index contributed by atoms with van der Waals surface area (Å²) in [4.78, 5) is 4.36. The van der Waals surface area contributed by atoms with Crippen LogP contribution < -0.4 is 5.73 Å². The highest BCUT2D eigenvalue weighted by Crippen LogP contribution is 2.18. The smallest absolute Gasteiger partial charge is 0.243 e. The van der Waals surface area contributed by atoms with Crippen LogP contribution in [-0.4, -0.2) is 36.6 Å². The van der Waals surface area contributed by atoms with Crippen molar-refractivity contribution in [2.75, 3.05) is 20.3 Å². The quantitative estimate of drug-likeness (QED) is 0.757. The lowest BCUT2D eigenvalue weighted by atomic mass is 10.1. The minimum atomic E-state index is -0.205. The molecule has 1 aliphatic heterocycles. The molecule has 1 aromatic rings. The monoisotopic (exact) mass is 269 g/mol. The van der Waals surface area contributed by atoms with Crippen molar-refractivity contribution in [1.82, 2.24) is 10.1 Å². The number of methoxy groups -OCH3 is 1. The third-order valence-electron chi connectivity index (χ3n) is 3.35. The van der Waals surface area contributed by atoms with E-state index in [0.717, 1.165) is 32.3 Å². The van der Waals surface area contributed by atoms with Crippen LogP contribution in [0, 0.1) is 0 Å². The third-order valence-corrected chi connectivity index (χ3v) is 3.35. The molecule has 0 radical (unpaired) electrons. The van der Waals surface area contributed by atoms with E-state index in [4.69, 9.17) is 19.7 Å². The highest BCUT2D eigenvalue weighted by Gasteiger charge is 2.19. The van der Waals surface area contributed by atoms with E-state index in [1.54, 1.807) is 7.11 Å². The third kappa shape index (κ3) is 4.56. The summed E-state index contributed by atoms with van der Waals surface area (Å²) in [6.45, 7) is 1.54. The van der Waals surface area contributed by atoms with Gasteiger partial charge in [0.05, 0.1) is 12.1 Å². The molecular weight excluding hydrogens is 246 g/mol. The van der Waals surface area contributed by atoms with Crippen LogP contribution in [0.5, 0.6) is 0 Å². The molecule has 1 fully saturated rings. The SMILES string of the molecule is COCCCC(N)c1nc(CC2CCCCO2)no1. The fraction of sp³-hybridized carbons (Fsp3) is 0.846. The second kappa shape index (κ2) is 7.57. The van der Waals surface area contributed by atoms with Crippen LogP contribution in [0.2, 0.25) is 0 Å². The second-order valence-corrected chi connectivity index (χ2v) is 4.98. The molecule has 2 heterocycles. The fourth-order valence-corrected chi connectivity index (χ4v) is 2.24. The number of nitrogens with zero attached hydrogens (tertiary/aromatic N) is 2. The van der Waals surface area contributed by atoms with Gasteiger partial charge >= 0.3 is 0 Å². The molecule has 2 rings (SSSR count). The van der Waals surface area contributed by atoms with Crippen LogP contribution in [0.25, 0.3) is 0 Å². The van der Waals surface area contributed by atoms with Gasteiger partial charge in [-0.25, -0.2) is 0 Å². The van der Waals surface area contributed by atoms with Crippen molar-refractivity contribution >= 4 is 0 Å². The normalized spacial score (nSPS) is 21.5. The van der Waals surface area contributed by atoms with Crippen LogP contribution in [0.4, 0.5) is 0 Å². The van der Waals surface area contributed by atoms with Gasteiger partial charge in [0.15, 0.2) is 5.82 Å². The lowest BCUT2D eigenvalue weighted by molar-refractivity contribution is 0.0153. The summed E-state index contributed by atoms with van der Waals surface area (Å²) >= 11 is 0. The molecule has 0 spiro atoms. The Balaban J connectivity index is 1.80. The summed E-state index contributed by atoms with van der Waals surface area (Å²) in [5.74, 6) is 1.21. The Kier molecular flexibility index (Phi) is 5.75. The lowest BCUT2D eigenvalue weighted by Crippen LogP contribution is -2.22. The van der Waals surface area contributed by atoms with Crippen molar-refractivity contribution in [2.24, 2.45) is 5.73 Å². The van der Waals surface area contributed by atoms with Crippen LogP contribution in [0.1, 0.15) is 49.9 Å². The average molecular weight is 269 g/mol. The first-order valence-electron chi connectivity index (χ1n) is 6.98. The van der Waals surface area contributed by atoms with Gasteiger partial charge in [-0.05, 0) is 32.1 Å². The number of nitrogens with two attached hydrogens (primary N) is 1. The van der Waals surface area contributed by atoms with E-state index in [1.165, 1.54) is 6.42 Å². The van der Waals surface area contributed by atoms with Crippen LogP contribution in [0.15, 0.2) is 4.52 Å². The molecule has 6 nitrogen and oxygen atoms in total. The highest BCUT2D eigenvalue weighted by atomic mass is 16.5. The maximum atomic E-state index is 6.00. The van der Waals surface area contributed by atoms with Crippen molar-refractivity contribution in [2.45, 2.75) is 50.7 Å². The Morgan fingerprint density at radius 3 is 3.11 bits per heavy atom. The van der Waals surface area contributed by atoms with E-state index in [2.05, 4.69) is 10.1 Å². The minimum absolute atomic E-state index is 0.205. The summed E-state index contributed by atoms with van der Waals surface area (Å²) in [7, 11) is 1.68. The maximum absolute atomic E-state index is 6.00. The van der Waals surface area contributed by atoms with Crippen LogP contribution in [0.3, 0.4) is 0 Å². The zero-order valence-electron chi connectivity index (χ0n) is 11.5. The fourth-order valence-electron chi connectivity index (χ4n) is 2.24. The van der Waals surface area contributed by atoms with E-state index in [-0.39, 0.29) is 12.1 Å². The van der Waals surface area contributed by atoms with Gasteiger partial charge in [-0.15, -0.1) is 0 Å². The Morgan fingerprint density at radius 1 is 1.47 bits per heavy atom. The molecule has 1 saturated heterocycles. The van der Waals surface area contributed by atoms with Gasteiger partial charge in [0, 0.05) is 26.7 Å². The van der Waals surface area contributed by atoms with Gasteiger partial charge in [-0.3, -0.25) is 0 Å². The first-order chi connectivity index (χ1) is 9.29. The van der Waals surface area contributed by atoms with Crippen LogP contribution >= 0.6 is 0 Å². The number of hydrogen-bond acceptors (Lipinski definition) is 6. The van der Waals surface area contributed by atoms with Gasteiger partial charge in [0.25, 0.3) is 0 Å².